The minimum absolute atomic E-state index is 0.200. The first kappa shape index (κ1) is 25.6. The highest BCUT2D eigenvalue weighted by Crippen LogP contribution is 2.36. The molecule has 0 bridgehead atoms. The van der Waals surface area contributed by atoms with E-state index in [1.165, 1.54) is 0 Å². The van der Waals surface area contributed by atoms with Crippen LogP contribution in [0.5, 0.6) is 23.0 Å². The van der Waals surface area contributed by atoms with Crippen LogP contribution < -0.4 is 18.9 Å². The van der Waals surface area contributed by atoms with Gasteiger partial charge in [0.25, 0.3) is 0 Å². The Morgan fingerprint density at radius 1 is 0.833 bits per heavy atom. The number of esters is 2. The van der Waals surface area contributed by atoms with Gasteiger partial charge < -0.3 is 28.4 Å². The monoisotopic (exact) mass is 502 g/mol. The second-order valence-electron chi connectivity index (χ2n) is 8.48. The molecule has 2 unspecified atom stereocenters. The van der Waals surface area contributed by atoms with Gasteiger partial charge in [-0.15, -0.1) is 0 Å². The molecule has 4 rings (SSSR count). The highest BCUT2D eigenvalue weighted by atomic mass is 19.1. The van der Waals surface area contributed by atoms with Gasteiger partial charge in [-0.1, -0.05) is 12.1 Å². The molecular formula is C27H31FO8. The summed E-state index contributed by atoms with van der Waals surface area (Å²) in [6.45, 7) is 3.69. The lowest BCUT2D eigenvalue weighted by molar-refractivity contribution is -0.152. The number of benzene rings is 2. The number of alkyl halides is 1. The Hall–Kier alpha value is -3.49. The zero-order valence-electron chi connectivity index (χ0n) is 20.5. The van der Waals surface area contributed by atoms with E-state index in [0.717, 1.165) is 11.1 Å². The average Bonchev–Trinajstić information content (AvgIpc) is 2.90. The maximum atomic E-state index is 14.7. The van der Waals surface area contributed by atoms with Crippen LogP contribution in [-0.4, -0.2) is 56.7 Å². The summed E-state index contributed by atoms with van der Waals surface area (Å²) < 4.78 is 47.8. The first-order chi connectivity index (χ1) is 17.5. The van der Waals surface area contributed by atoms with Crippen LogP contribution in [0.3, 0.4) is 0 Å². The van der Waals surface area contributed by atoms with Crippen LogP contribution in [0, 0.1) is 0 Å². The van der Waals surface area contributed by atoms with E-state index in [4.69, 9.17) is 28.4 Å². The number of carbonyl (C=O) groups is 2. The van der Waals surface area contributed by atoms with Gasteiger partial charge in [-0.2, -0.15) is 0 Å². The maximum absolute atomic E-state index is 14.7. The van der Waals surface area contributed by atoms with E-state index in [1.54, 1.807) is 50.2 Å². The van der Waals surface area contributed by atoms with E-state index in [9.17, 15) is 14.0 Å². The Morgan fingerprint density at radius 3 is 1.69 bits per heavy atom. The lowest BCUT2D eigenvalue weighted by Crippen LogP contribution is -2.33. The fourth-order valence-corrected chi connectivity index (χ4v) is 4.26. The van der Waals surface area contributed by atoms with Crippen molar-refractivity contribution in [2.45, 2.75) is 57.9 Å². The summed E-state index contributed by atoms with van der Waals surface area (Å²) in [5.41, 5.74) is 1.60. The third-order valence-electron chi connectivity index (χ3n) is 5.97. The van der Waals surface area contributed by atoms with Gasteiger partial charge in [0, 0.05) is 11.1 Å². The molecule has 36 heavy (non-hydrogen) atoms. The Balaban J connectivity index is 1.31. The second-order valence-corrected chi connectivity index (χ2v) is 8.48. The minimum atomic E-state index is -1.38. The molecule has 194 valence electrons. The molecule has 0 spiro atoms. The second kappa shape index (κ2) is 12.0. The number of hydrogen-bond donors (Lipinski definition) is 0. The molecule has 2 atom stereocenters. The van der Waals surface area contributed by atoms with Crippen molar-refractivity contribution in [1.29, 1.82) is 0 Å². The van der Waals surface area contributed by atoms with E-state index in [0.29, 0.717) is 61.9 Å². The van der Waals surface area contributed by atoms with Gasteiger partial charge in [0.1, 0.15) is 36.2 Å². The molecule has 0 saturated heterocycles. The minimum Gasteiger partial charge on any atom is -0.490 e. The predicted molar refractivity (Wildman–Crippen MR) is 128 cm³/mol. The number of rotatable bonds is 10. The largest absolute Gasteiger partial charge is 0.490 e. The van der Waals surface area contributed by atoms with Crippen molar-refractivity contribution in [3.63, 3.8) is 0 Å². The molecule has 2 aromatic carbocycles. The van der Waals surface area contributed by atoms with Crippen LogP contribution in [0.4, 0.5) is 4.39 Å². The SMILES string of the molecule is CCOC(=O)C1CCc2c(OCC(F)COc3cccc4c3CCC(C(=O)OCC)O4)cccc2O1. The molecule has 0 radical (unpaired) electrons. The zero-order valence-corrected chi connectivity index (χ0v) is 20.5. The summed E-state index contributed by atoms with van der Waals surface area (Å²) in [5, 5.41) is 0. The quantitative estimate of drug-likeness (QED) is 0.451. The van der Waals surface area contributed by atoms with Crippen LogP contribution in [0.25, 0.3) is 0 Å². The normalized spacial score (nSPS) is 19.0. The number of fused-ring (bicyclic) bond motifs is 2. The lowest BCUT2D eigenvalue weighted by atomic mass is 10.0. The highest BCUT2D eigenvalue weighted by Gasteiger charge is 2.30. The molecule has 2 aliphatic rings. The smallest absolute Gasteiger partial charge is 0.347 e. The van der Waals surface area contributed by atoms with Crippen LogP contribution in [-0.2, 0) is 31.9 Å². The lowest BCUT2D eigenvalue weighted by Gasteiger charge is -2.26. The van der Waals surface area contributed by atoms with Crippen molar-refractivity contribution in [3.8, 4) is 23.0 Å². The highest BCUT2D eigenvalue weighted by molar-refractivity contribution is 5.76. The number of halogens is 1. The third-order valence-corrected chi connectivity index (χ3v) is 5.97. The van der Waals surface area contributed by atoms with Gasteiger partial charge in [-0.05, 0) is 63.8 Å². The predicted octanol–water partition coefficient (Wildman–Crippen LogP) is 4.00. The Morgan fingerprint density at radius 2 is 1.28 bits per heavy atom. The average molecular weight is 503 g/mol. The van der Waals surface area contributed by atoms with E-state index in [2.05, 4.69) is 0 Å². The molecule has 0 fully saturated rings. The van der Waals surface area contributed by atoms with Gasteiger partial charge in [-0.25, -0.2) is 14.0 Å². The molecule has 0 amide bonds. The first-order valence-corrected chi connectivity index (χ1v) is 12.3. The van der Waals surface area contributed by atoms with Crippen LogP contribution >= 0.6 is 0 Å². The van der Waals surface area contributed by atoms with Crippen molar-refractivity contribution < 1.29 is 42.4 Å². The molecule has 0 N–H and O–H groups in total. The summed E-state index contributed by atoms with van der Waals surface area (Å²) in [7, 11) is 0. The molecule has 8 nitrogen and oxygen atoms in total. The zero-order chi connectivity index (χ0) is 25.5. The Labute approximate surface area is 209 Å². The molecule has 9 heteroatoms. The molecular weight excluding hydrogens is 471 g/mol. The van der Waals surface area contributed by atoms with Crippen LogP contribution in [0.15, 0.2) is 36.4 Å². The van der Waals surface area contributed by atoms with Gasteiger partial charge >= 0.3 is 11.9 Å². The number of ether oxygens (including phenoxy) is 6. The summed E-state index contributed by atoms with van der Waals surface area (Å²) in [5.74, 6) is 1.35. The number of hydrogen-bond acceptors (Lipinski definition) is 8. The Bertz CT molecular complexity index is 988. The summed E-state index contributed by atoms with van der Waals surface area (Å²) in [6, 6.07) is 10.5. The van der Waals surface area contributed by atoms with Crippen molar-refractivity contribution in [2.24, 2.45) is 0 Å². The van der Waals surface area contributed by atoms with Crippen LogP contribution in [0.2, 0.25) is 0 Å². The summed E-state index contributed by atoms with van der Waals surface area (Å²) in [4.78, 5) is 24.0. The summed E-state index contributed by atoms with van der Waals surface area (Å²) >= 11 is 0. The van der Waals surface area contributed by atoms with Crippen molar-refractivity contribution in [2.75, 3.05) is 26.4 Å². The molecule has 0 saturated carbocycles. The van der Waals surface area contributed by atoms with Gasteiger partial charge in [0.05, 0.1) is 13.2 Å². The molecule has 2 heterocycles. The topological polar surface area (TPSA) is 89.5 Å². The van der Waals surface area contributed by atoms with E-state index < -0.39 is 18.4 Å². The van der Waals surface area contributed by atoms with Crippen molar-refractivity contribution >= 4 is 11.9 Å². The van der Waals surface area contributed by atoms with Gasteiger partial charge in [0.2, 0.25) is 0 Å². The fraction of sp³-hybridized carbons (Fsp3) is 0.481. The fourth-order valence-electron chi connectivity index (χ4n) is 4.26. The maximum Gasteiger partial charge on any atom is 0.347 e. The summed E-state index contributed by atoms with van der Waals surface area (Å²) in [6.07, 6.45) is -0.632. The first-order valence-electron chi connectivity index (χ1n) is 12.3. The van der Waals surface area contributed by atoms with E-state index >= 15 is 0 Å². The van der Waals surface area contributed by atoms with Crippen LogP contribution in [0.1, 0.15) is 37.8 Å². The van der Waals surface area contributed by atoms with E-state index in [-0.39, 0.29) is 25.2 Å². The Kier molecular flexibility index (Phi) is 8.51. The molecule has 0 aromatic heterocycles. The van der Waals surface area contributed by atoms with Gasteiger partial charge in [-0.3, -0.25) is 0 Å². The number of carbonyl (C=O) groups excluding carboxylic acids is 2. The molecule has 2 aromatic rings. The standard InChI is InChI=1S/C27H31FO8/c1-3-31-26(29)24-13-11-18-20(7-5-9-22(18)35-24)33-15-17(28)16-34-21-8-6-10-23-19(21)12-14-25(36-23)27(30)32-4-2/h5-10,17,24-25H,3-4,11-16H2,1-2H3. The van der Waals surface area contributed by atoms with Crippen molar-refractivity contribution in [1.82, 2.24) is 0 Å². The third kappa shape index (κ3) is 6.01. The van der Waals surface area contributed by atoms with Gasteiger partial charge in [0.15, 0.2) is 18.4 Å². The molecule has 2 aliphatic heterocycles. The van der Waals surface area contributed by atoms with Crippen molar-refractivity contribution in [3.05, 3.63) is 47.5 Å². The molecule has 0 aliphatic carbocycles. The van der Waals surface area contributed by atoms with E-state index in [1.807, 2.05) is 0 Å².